The Morgan fingerprint density at radius 3 is 2.22 bits per heavy atom. The van der Waals surface area contributed by atoms with Gasteiger partial charge in [0.1, 0.15) is 25.0 Å². The maximum atomic E-state index is 12.9. The Morgan fingerprint density at radius 2 is 1.62 bits per heavy atom. The summed E-state index contributed by atoms with van der Waals surface area (Å²) >= 11 is 5.39. The molecule has 0 bridgehead atoms. The van der Waals surface area contributed by atoms with Crippen LogP contribution in [0, 0.1) is 18.6 Å². The molecule has 3 aromatic rings. The minimum atomic E-state index is -0.725. The molecule has 0 saturated carbocycles. The lowest BCUT2D eigenvalue weighted by molar-refractivity contribution is -0.0578. The zero-order valence-corrected chi connectivity index (χ0v) is 21.9. The maximum absolute atomic E-state index is 12.9. The Balaban J connectivity index is 1.55. The van der Waals surface area contributed by atoms with Crippen LogP contribution in [0.15, 0.2) is 59.5 Å². The molecule has 2 aromatic carbocycles. The van der Waals surface area contributed by atoms with Crippen LogP contribution in [-0.4, -0.2) is 40.3 Å². The molecule has 4 rings (SSSR count). The molecule has 37 heavy (non-hydrogen) atoms. The van der Waals surface area contributed by atoms with Crippen molar-refractivity contribution in [1.82, 2.24) is 9.55 Å². The van der Waals surface area contributed by atoms with Gasteiger partial charge in [0.05, 0.1) is 11.1 Å². The van der Waals surface area contributed by atoms with Crippen molar-refractivity contribution in [3.05, 3.63) is 97.7 Å². The van der Waals surface area contributed by atoms with Gasteiger partial charge in [-0.3, -0.25) is 14.3 Å². The number of rotatable bonds is 8. The number of ether oxygens (including phenoxy) is 3. The van der Waals surface area contributed by atoms with Crippen molar-refractivity contribution >= 4 is 24.2 Å². The van der Waals surface area contributed by atoms with Crippen molar-refractivity contribution in [3.63, 3.8) is 0 Å². The molecule has 0 amide bonds. The molecule has 1 fully saturated rings. The van der Waals surface area contributed by atoms with Gasteiger partial charge in [-0.05, 0) is 56.8 Å². The number of aromatic amines is 1. The molecule has 8 nitrogen and oxygen atoms in total. The zero-order chi connectivity index (χ0) is 26.5. The number of H-pyrrole nitrogens is 1. The van der Waals surface area contributed by atoms with Crippen LogP contribution in [0.5, 0.6) is 0 Å². The molecule has 2 heterocycles. The maximum Gasteiger partial charge on any atom is 0.338 e. The van der Waals surface area contributed by atoms with Crippen molar-refractivity contribution in [2.24, 2.45) is 0 Å². The van der Waals surface area contributed by atoms with Gasteiger partial charge in [0, 0.05) is 18.2 Å². The van der Waals surface area contributed by atoms with E-state index in [1.807, 2.05) is 45.0 Å². The molecule has 3 atom stereocenters. The molecule has 1 saturated heterocycles. The third-order valence-corrected chi connectivity index (χ3v) is 6.58. The molecule has 194 valence electrons. The summed E-state index contributed by atoms with van der Waals surface area (Å²) in [5, 5.41) is 0. The predicted octanol–water partition coefficient (Wildman–Crippen LogP) is 4.85. The molecule has 0 radical (unpaired) electrons. The van der Waals surface area contributed by atoms with Gasteiger partial charge in [-0.1, -0.05) is 48.7 Å². The first-order valence-corrected chi connectivity index (χ1v) is 12.7. The van der Waals surface area contributed by atoms with Crippen molar-refractivity contribution in [1.29, 1.82) is 0 Å². The number of benzene rings is 2. The number of aryl methyl sites for hydroxylation is 3. The lowest BCUT2D eigenvalue weighted by Crippen LogP contribution is -2.32. The van der Waals surface area contributed by atoms with E-state index in [0.717, 1.165) is 17.5 Å². The largest absolute Gasteiger partial charge is 0.459 e. The molecule has 9 heteroatoms. The van der Waals surface area contributed by atoms with Gasteiger partial charge in [0.25, 0.3) is 5.56 Å². The normalized spacial score (nSPS) is 18.9. The van der Waals surface area contributed by atoms with Gasteiger partial charge in [-0.2, -0.15) is 0 Å². The molecule has 0 unspecified atom stereocenters. The summed E-state index contributed by atoms with van der Waals surface area (Å²) in [6.07, 6.45) is 1.30. The average Bonchev–Trinajstić information content (AvgIpc) is 3.27. The molecule has 0 aliphatic carbocycles. The molecule has 1 aliphatic rings. The fraction of sp³-hybridized carbons (Fsp3) is 0.357. The van der Waals surface area contributed by atoms with Crippen molar-refractivity contribution in [2.75, 3.05) is 6.61 Å². The van der Waals surface area contributed by atoms with Crippen LogP contribution in [0.2, 0.25) is 0 Å². The number of esters is 2. The third kappa shape index (κ3) is 6.42. The average molecular weight is 523 g/mol. The number of carbonyl (C=O) groups is 2. The van der Waals surface area contributed by atoms with Gasteiger partial charge in [-0.15, -0.1) is 0 Å². The molecule has 0 spiro atoms. The van der Waals surface area contributed by atoms with Crippen molar-refractivity contribution in [3.8, 4) is 0 Å². The van der Waals surface area contributed by atoms with E-state index in [2.05, 4.69) is 4.98 Å². The van der Waals surface area contributed by atoms with Crippen LogP contribution in [0.25, 0.3) is 0 Å². The highest BCUT2D eigenvalue weighted by Crippen LogP contribution is 2.32. The predicted molar refractivity (Wildman–Crippen MR) is 140 cm³/mol. The summed E-state index contributed by atoms with van der Waals surface area (Å²) in [7, 11) is 0. The van der Waals surface area contributed by atoms with Crippen LogP contribution < -0.4 is 5.56 Å². The van der Waals surface area contributed by atoms with Crippen LogP contribution in [0.1, 0.15) is 63.4 Å². The van der Waals surface area contributed by atoms with Gasteiger partial charge >= 0.3 is 11.9 Å². The molecular weight excluding hydrogens is 492 g/mol. The minimum absolute atomic E-state index is 0.118. The SMILES string of the molecule is CCCc1cn([C@H]2C[C@H](OC(=O)c3ccc(C)cc3)[C@@H](COC(=O)c3ccc(C)cc3)O2)c(=S)[nH]c1=O. The number of hydrogen-bond donors (Lipinski definition) is 1. The Kier molecular flexibility index (Phi) is 8.35. The summed E-state index contributed by atoms with van der Waals surface area (Å²) in [4.78, 5) is 40.5. The van der Waals surface area contributed by atoms with Gasteiger partial charge < -0.3 is 14.2 Å². The first-order valence-electron chi connectivity index (χ1n) is 12.3. The molecular formula is C28H30N2O6S. The number of aromatic nitrogens is 2. The summed E-state index contributed by atoms with van der Waals surface area (Å²) < 4.78 is 19.4. The van der Waals surface area contributed by atoms with Crippen LogP contribution >= 0.6 is 12.2 Å². The highest BCUT2D eigenvalue weighted by molar-refractivity contribution is 7.71. The van der Waals surface area contributed by atoms with Gasteiger partial charge in [-0.25, -0.2) is 9.59 Å². The first-order chi connectivity index (χ1) is 17.7. The quantitative estimate of drug-likeness (QED) is 0.334. The van der Waals surface area contributed by atoms with Crippen LogP contribution in [-0.2, 0) is 20.6 Å². The fourth-order valence-corrected chi connectivity index (χ4v) is 4.42. The van der Waals surface area contributed by atoms with Crippen LogP contribution in [0.4, 0.5) is 0 Å². The van der Waals surface area contributed by atoms with E-state index in [-0.39, 0.29) is 23.4 Å². The minimum Gasteiger partial charge on any atom is -0.459 e. The van der Waals surface area contributed by atoms with Gasteiger partial charge in [0.2, 0.25) is 0 Å². The topological polar surface area (TPSA) is 99.6 Å². The Morgan fingerprint density at radius 1 is 1.03 bits per heavy atom. The Labute approximate surface area is 220 Å². The van der Waals surface area contributed by atoms with E-state index in [1.165, 1.54) is 0 Å². The van der Waals surface area contributed by atoms with E-state index < -0.39 is 30.4 Å². The Hall–Kier alpha value is -3.56. The zero-order valence-electron chi connectivity index (χ0n) is 21.1. The van der Waals surface area contributed by atoms with E-state index >= 15 is 0 Å². The highest BCUT2D eigenvalue weighted by Gasteiger charge is 2.40. The summed E-state index contributed by atoms with van der Waals surface area (Å²) in [5.74, 6) is -0.998. The van der Waals surface area contributed by atoms with Crippen molar-refractivity contribution in [2.45, 2.75) is 58.5 Å². The second kappa shape index (κ2) is 11.7. The lowest BCUT2D eigenvalue weighted by atomic mass is 10.1. The number of nitrogens with zero attached hydrogens (tertiary/aromatic N) is 1. The third-order valence-electron chi connectivity index (χ3n) is 6.26. The molecule has 1 aromatic heterocycles. The summed E-state index contributed by atoms with van der Waals surface area (Å²) in [6, 6.07) is 14.1. The number of hydrogen-bond acceptors (Lipinski definition) is 7. The fourth-order valence-electron chi connectivity index (χ4n) is 4.16. The Bertz CT molecular complexity index is 1380. The van der Waals surface area contributed by atoms with E-state index in [4.69, 9.17) is 26.4 Å². The highest BCUT2D eigenvalue weighted by atomic mass is 32.1. The number of nitrogens with one attached hydrogen (secondary N) is 1. The first kappa shape index (κ1) is 26.5. The number of carbonyl (C=O) groups excluding carboxylic acids is 2. The van der Waals surface area contributed by atoms with Crippen LogP contribution in [0.3, 0.4) is 0 Å². The van der Waals surface area contributed by atoms with Gasteiger partial charge in [0.15, 0.2) is 4.77 Å². The summed E-state index contributed by atoms with van der Waals surface area (Å²) in [6.45, 7) is 5.73. The smallest absolute Gasteiger partial charge is 0.338 e. The monoisotopic (exact) mass is 522 g/mol. The molecule has 1 aliphatic heterocycles. The molecule has 1 N–H and O–H groups in total. The van der Waals surface area contributed by atoms with E-state index in [9.17, 15) is 14.4 Å². The summed E-state index contributed by atoms with van der Waals surface area (Å²) in [5.41, 5.74) is 3.24. The van der Waals surface area contributed by atoms with E-state index in [0.29, 0.717) is 23.1 Å². The standard InChI is InChI=1S/C28H30N2O6S/c1-4-5-21-15-30(28(37)29-25(21)31)24-14-22(36-27(33)20-12-8-18(3)9-13-20)23(35-24)16-34-26(32)19-10-6-17(2)7-11-19/h6-13,15,22-24H,4-5,14,16H2,1-3H3,(H,29,31,37)/t22-,23+,24+/m0/s1. The second-order valence-corrected chi connectivity index (χ2v) is 9.60. The van der Waals surface area contributed by atoms with E-state index in [1.54, 1.807) is 35.0 Å². The second-order valence-electron chi connectivity index (χ2n) is 9.21. The lowest BCUT2D eigenvalue weighted by Gasteiger charge is -2.19. The van der Waals surface area contributed by atoms with Crippen molar-refractivity contribution < 1.29 is 23.8 Å².